The van der Waals surface area contributed by atoms with E-state index in [1.54, 1.807) is 6.07 Å². The maximum atomic E-state index is 9.36. The number of aromatic hydroxyl groups is 1. The summed E-state index contributed by atoms with van der Waals surface area (Å²) in [7, 11) is 0. The number of phenolic OH excluding ortho intramolecular Hbond substituents is 1. The van der Waals surface area contributed by atoms with Crippen LogP contribution in [0, 0.1) is 0 Å². The minimum atomic E-state index is 0.339. The summed E-state index contributed by atoms with van der Waals surface area (Å²) in [5.41, 5.74) is 1.17. The van der Waals surface area contributed by atoms with Gasteiger partial charge in [0, 0.05) is 6.54 Å². The Labute approximate surface area is 90.1 Å². The fourth-order valence-corrected chi connectivity index (χ4v) is 1.65. The summed E-state index contributed by atoms with van der Waals surface area (Å²) in [6.45, 7) is 4.73. The third kappa shape index (κ3) is 2.70. The van der Waals surface area contributed by atoms with Crippen LogP contribution >= 0.6 is 0 Å². The molecule has 0 saturated carbocycles. The second kappa shape index (κ2) is 4.64. The first kappa shape index (κ1) is 10.5. The van der Waals surface area contributed by atoms with Gasteiger partial charge in [-0.25, -0.2) is 0 Å². The lowest BCUT2D eigenvalue weighted by molar-refractivity contribution is -0.00530. The summed E-state index contributed by atoms with van der Waals surface area (Å²) in [5, 5.41) is 12.8. The summed E-state index contributed by atoms with van der Waals surface area (Å²) in [5.74, 6) is 0.754. The summed E-state index contributed by atoms with van der Waals surface area (Å²) < 4.78 is 5.09. The minimum Gasteiger partial charge on any atom is -0.508 e. The second-order valence-electron chi connectivity index (χ2n) is 4.14. The van der Waals surface area contributed by atoms with Gasteiger partial charge in [-0.15, -0.1) is 0 Å². The largest absolute Gasteiger partial charge is 0.508 e. The van der Waals surface area contributed by atoms with E-state index in [2.05, 4.69) is 12.2 Å². The molecule has 15 heavy (non-hydrogen) atoms. The molecule has 0 aliphatic carbocycles. The van der Waals surface area contributed by atoms with Gasteiger partial charge in [0.05, 0.1) is 19.3 Å². The molecule has 1 saturated heterocycles. The fourth-order valence-electron chi connectivity index (χ4n) is 1.65. The van der Waals surface area contributed by atoms with Crippen molar-refractivity contribution in [2.45, 2.75) is 18.9 Å². The number of rotatable bonds is 4. The quantitative estimate of drug-likeness (QED) is 0.786. The molecular weight excluding hydrogens is 190 g/mol. The smallest absolute Gasteiger partial charge is 0.115 e. The van der Waals surface area contributed by atoms with Gasteiger partial charge in [0.2, 0.25) is 0 Å². The maximum Gasteiger partial charge on any atom is 0.115 e. The van der Waals surface area contributed by atoms with E-state index in [4.69, 9.17) is 4.74 Å². The van der Waals surface area contributed by atoms with Crippen LogP contribution < -0.4 is 5.32 Å². The van der Waals surface area contributed by atoms with Crippen LogP contribution in [-0.2, 0) is 4.74 Å². The van der Waals surface area contributed by atoms with Gasteiger partial charge in [-0.2, -0.15) is 0 Å². The standard InChI is InChI=1S/C12H17NO2/c1-9(6-13-11-7-15-8-11)10-3-2-4-12(14)5-10/h2-5,9,11,13-14H,6-8H2,1H3. The summed E-state index contributed by atoms with van der Waals surface area (Å²) in [6, 6.07) is 7.97. The number of hydrogen-bond acceptors (Lipinski definition) is 3. The van der Waals surface area contributed by atoms with E-state index in [-0.39, 0.29) is 0 Å². The zero-order chi connectivity index (χ0) is 10.7. The predicted molar refractivity (Wildman–Crippen MR) is 59.1 cm³/mol. The maximum absolute atomic E-state index is 9.36. The molecule has 82 valence electrons. The van der Waals surface area contributed by atoms with Crippen molar-refractivity contribution < 1.29 is 9.84 Å². The Morgan fingerprint density at radius 3 is 2.93 bits per heavy atom. The molecule has 1 aromatic carbocycles. The van der Waals surface area contributed by atoms with Crippen LogP contribution in [0.15, 0.2) is 24.3 Å². The van der Waals surface area contributed by atoms with E-state index in [0.29, 0.717) is 17.7 Å². The number of ether oxygens (including phenoxy) is 1. The van der Waals surface area contributed by atoms with Crippen molar-refractivity contribution in [1.82, 2.24) is 5.32 Å². The van der Waals surface area contributed by atoms with E-state index in [1.807, 2.05) is 18.2 Å². The zero-order valence-corrected chi connectivity index (χ0v) is 8.94. The van der Waals surface area contributed by atoms with Crippen molar-refractivity contribution in [2.24, 2.45) is 0 Å². The van der Waals surface area contributed by atoms with Crippen molar-refractivity contribution in [2.75, 3.05) is 19.8 Å². The lowest BCUT2D eigenvalue weighted by Gasteiger charge is -2.28. The highest BCUT2D eigenvalue weighted by Crippen LogP contribution is 2.19. The van der Waals surface area contributed by atoms with Crippen LogP contribution in [0.5, 0.6) is 5.75 Å². The van der Waals surface area contributed by atoms with Crippen LogP contribution in [-0.4, -0.2) is 30.9 Å². The van der Waals surface area contributed by atoms with E-state index in [0.717, 1.165) is 19.8 Å². The number of hydrogen-bond donors (Lipinski definition) is 2. The molecule has 1 fully saturated rings. The lowest BCUT2D eigenvalue weighted by Crippen LogP contribution is -2.47. The van der Waals surface area contributed by atoms with Gasteiger partial charge in [0.15, 0.2) is 0 Å². The molecule has 0 spiro atoms. The third-order valence-corrected chi connectivity index (χ3v) is 2.79. The zero-order valence-electron chi connectivity index (χ0n) is 8.94. The molecule has 1 unspecified atom stereocenters. The van der Waals surface area contributed by atoms with Crippen molar-refractivity contribution in [3.63, 3.8) is 0 Å². The third-order valence-electron chi connectivity index (χ3n) is 2.79. The molecule has 1 heterocycles. The molecule has 1 aromatic rings. The summed E-state index contributed by atoms with van der Waals surface area (Å²) >= 11 is 0. The first-order valence-corrected chi connectivity index (χ1v) is 5.36. The van der Waals surface area contributed by atoms with Gasteiger partial charge in [-0.3, -0.25) is 0 Å². The van der Waals surface area contributed by atoms with Crippen molar-refractivity contribution >= 4 is 0 Å². The predicted octanol–water partition coefficient (Wildman–Crippen LogP) is 1.48. The summed E-state index contributed by atoms with van der Waals surface area (Å²) in [4.78, 5) is 0. The Morgan fingerprint density at radius 1 is 1.53 bits per heavy atom. The molecule has 0 amide bonds. The first-order valence-electron chi connectivity index (χ1n) is 5.36. The minimum absolute atomic E-state index is 0.339. The van der Waals surface area contributed by atoms with Gasteiger partial charge in [0.25, 0.3) is 0 Å². The molecule has 3 heteroatoms. The van der Waals surface area contributed by atoms with E-state index >= 15 is 0 Å². The first-order chi connectivity index (χ1) is 7.25. The van der Waals surface area contributed by atoms with E-state index in [9.17, 15) is 5.11 Å². The van der Waals surface area contributed by atoms with E-state index in [1.165, 1.54) is 5.56 Å². The molecule has 2 N–H and O–H groups in total. The molecule has 1 aliphatic heterocycles. The Balaban J connectivity index is 1.86. The topological polar surface area (TPSA) is 41.5 Å². The number of benzene rings is 1. The number of phenols is 1. The Kier molecular flexibility index (Phi) is 3.23. The SMILES string of the molecule is CC(CNC1COC1)c1cccc(O)c1. The molecule has 1 aliphatic rings. The second-order valence-corrected chi connectivity index (χ2v) is 4.14. The molecule has 3 nitrogen and oxygen atoms in total. The Hall–Kier alpha value is -1.06. The van der Waals surface area contributed by atoms with E-state index < -0.39 is 0 Å². The molecule has 0 aromatic heterocycles. The molecular formula is C12H17NO2. The monoisotopic (exact) mass is 207 g/mol. The van der Waals surface area contributed by atoms with Gasteiger partial charge >= 0.3 is 0 Å². The van der Waals surface area contributed by atoms with Crippen molar-refractivity contribution in [1.29, 1.82) is 0 Å². The van der Waals surface area contributed by atoms with Crippen molar-refractivity contribution in [3.05, 3.63) is 29.8 Å². The molecule has 0 bridgehead atoms. The Bertz CT molecular complexity index is 323. The van der Waals surface area contributed by atoms with Gasteiger partial charge < -0.3 is 15.2 Å². The highest BCUT2D eigenvalue weighted by atomic mass is 16.5. The molecule has 0 radical (unpaired) electrons. The van der Waals surface area contributed by atoms with Crippen LogP contribution in [0.4, 0.5) is 0 Å². The fraction of sp³-hybridized carbons (Fsp3) is 0.500. The molecule has 1 atom stereocenters. The Morgan fingerprint density at radius 2 is 2.33 bits per heavy atom. The average Bonchev–Trinajstić information content (AvgIpc) is 2.15. The van der Waals surface area contributed by atoms with Gasteiger partial charge in [-0.1, -0.05) is 19.1 Å². The van der Waals surface area contributed by atoms with Crippen molar-refractivity contribution in [3.8, 4) is 5.75 Å². The highest BCUT2D eigenvalue weighted by molar-refractivity contribution is 5.29. The van der Waals surface area contributed by atoms with Crippen LogP contribution in [0.2, 0.25) is 0 Å². The van der Waals surface area contributed by atoms with Crippen LogP contribution in [0.1, 0.15) is 18.4 Å². The average molecular weight is 207 g/mol. The summed E-state index contributed by atoms with van der Waals surface area (Å²) in [6.07, 6.45) is 0. The molecule has 2 rings (SSSR count). The normalized spacial score (nSPS) is 18.5. The van der Waals surface area contributed by atoms with Crippen LogP contribution in [0.25, 0.3) is 0 Å². The van der Waals surface area contributed by atoms with Crippen LogP contribution in [0.3, 0.4) is 0 Å². The van der Waals surface area contributed by atoms with Gasteiger partial charge in [0.1, 0.15) is 5.75 Å². The van der Waals surface area contributed by atoms with Gasteiger partial charge in [-0.05, 0) is 23.6 Å². The highest BCUT2D eigenvalue weighted by Gasteiger charge is 2.18. The lowest BCUT2D eigenvalue weighted by atomic mass is 10.0. The number of nitrogens with one attached hydrogen (secondary N) is 1.